The van der Waals surface area contributed by atoms with E-state index < -0.39 is 0 Å². The number of anilines is 1. The first kappa shape index (κ1) is 21.0. The van der Waals surface area contributed by atoms with Crippen LogP contribution >= 0.6 is 0 Å². The van der Waals surface area contributed by atoms with Gasteiger partial charge in [0, 0.05) is 5.69 Å². The van der Waals surface area contributed by atoms with Gasteiger partial charge in [-0.05, 0) is 91.8 Å². The Kier molecular flexibility index (Phi) is 6.02. The summed E-state index contributed by atoms with van der Waals surface area (Å²) < 4.78 is 6.91. The summed E-state index contributed by atoms with van der Waals surface area (Å²) in [5.74, 6) is 1.09. The van der Waals surface area contributed by atoms with Gasteiger partial charge in [0.15, 0.2) is 5.82 Å². The van der Waals surface area contributed by atoms with Crippen LogP contribution in [0.1, 0.15) is 61.3 Å². The number of nitrogens with one attached hydrogen (secondary N) is 1. The smallest absolute Gasteiger partial charge is 0.338 e. The Labute approximate surface area is 182 Å². The highest BCUT2D eigenvalue weighted by molar-refractivity contribution is 5.90. The first-order valence-electron chi connectivity index (χ1n) is 10.9. The normalized spacial score (nSPS) is 20.9. The fourth-order valence-electron chi connectivity index (χ4n) is 4.30. The van der Waals surface area contributed by atoms with Gasteiger partial charge in [0.1, 0.15) is 0 Å². The third kappa shape index (κ3) is 4.45. The molecule has 1 N–H and O–H groups in total. The van der Waals surface area contributed by atoms with Gasteiger partial charge in [-0.25, -0.2) is 4.79 Å². The van der Waals surface area contributed by atoms with E-state index in [4.69, 9.17) is 4.74 Å². The van der Waals surface area contributed by atoms with Gasteiger partial charge in [-0.1, -0.05) is 25.1 Å². The number of esters is 1. The average molecular weight is 420 g/mol. The van der Waals surface area contributed by atoms with Gasteiger partial charge in [0.2, 0.25) is 0 Å². The first-order chi connectivity index (χ1) is 15.0. The van der Waals surface area contributed by atoms with Crippen molar-refractivity contribution in [2.75, 3.05) is 11.9 Å². The van der Waals surface area contributed by atoms with E-state index in [-0.39, 0.29) is 11.5 Å². The molecule has 0 bridgehead atoms. The molecule has 1 aliphatic carbocycles. The zero-order valence-electron chi connectivity index (χ0n) is 18.3. The number of ether oxygens (including phenoxy) is 1. The van der Waals surface area contributed by atoms with Gasteiger partial charge in [0.25, 0.3) is 0 Å². The number of benzene rings is 2. The van der Waals surface area contributed by atoms with Crippen LogP contribution in [-0.2, 0) is 10.3 Å². The molecule has 1 saturated carbocycles. The number of rotatable bonds is 6. The number of hydrogen-bond acceptors (Lipinski definition) is 6. The van der Waals surface area contributed by atoms with E-state index in [9.17, 15) is 4.79 Å². The number of nitrogens with zero attached hydrogens (tertiary/aromatic N) is 4. The van der Waals surface area contributed by atoms with Crippen LogP contribution in [0.3, 0.4) is 0 Å². The standard InChI is InChI=1S/C24H29N5O2/c1-4-31-22(30)19-8-6-10-21(16-19)29-23(26-27-28-29)24(13-11-17(2)12-14-24)25-20-9-5-7-18(3)15-20/h5-10,15-17,25H,4,11-14H2,1-3H3. The second-order valence-electron chi connectivity index (χ2n) is 8.44. The summed E-state index contributed by atoms with van der Waals surface area (Å²) in [5.41, 5.74) is 3.10. The zero-order chi connectivity index (χ0) is 21.8. The topological polar surface area (TPSA) is 81.9 Å². The molecule has 7 heteroatoms. The van der Waals surface area contributed by atoms with Gasteiger partial charge in [-0.2, -0.15) is 4.68 Å². The largest absolute Gasteiger partial charge is 0.462 e. The van der Waals surface area contributed by atoms with Crippen molar-refractivity contribution < 1.29 is 9.53 Å². The molecule has 1 aromatic heterocycles. The number of aromatic nitrogens is 4. The van der Waals surface area contributed by atoms with E-state index in [1.54, 1.807) is 23.7 Å². The van der Waals surface area contributed by atoms with Crippen molar-refractivity contribution in [2.24, 2.45) is 5.92 Å². The van der Waals surface area contributed by atoms with Gasteiger partial charge >= 0.3 is 5.97 Å². The molecule has 0 saturated heterocycles. The number of hydrogen-bond donors (Lipinski definition) is 1. The lowest BCUT2D eigenvalue weighted by Crippen LogP contribution is -2.41. The van der Waals surface area contributed by atoms with E-state index in [0.29, 0.717) is 18.1 Å². The van der Waals surface area contributed by atoms with Crippen LogP contribution < -0.4 is 5.32 Å². The summed E-state index contributed by atoms with van der Waals surface area (Å²) in [7, 11) is 0. The number of carbonyl (C=O) groups is 1. The molecule has 31 heavy (non-hydrogen) atoms. The predicted octanol–water partition coefficient (Wildman–Crippen LogP) is 4.66. The molecule has 2 aromatic carbocycles. The molecule has 4 rings (SSSR count). The van der Waals surface area contributed by atoms with E-state index in [1.807, 2.05) is 12.1 Å². The number of tetrazole rings is 1. The van der Waals surface area contributed by atoms with Crippen molar-refractivity contribution >= 4 is 11.7 Å². The van der Waals surface area contributed by atoms with E-state index in [2.05, 4.69) is 59.0 Å². The third-order valence-corrected chi connectivity index (χ3v) is 6.03. The lowest BCUT2D eigenvalue weighted by atomic mass is 9.76. The minimum atomic E-state index is -0.385. The minimum Gasteiger partial charge on any atom is -0.462 e. The van der Waals surface area contributed by atoms with Crippen LogP contribution in [0.4, 0.5) is 5.69 Å². The Morgan fingerprint density at radius 2 is 1.97 bits per heavy atom. The lowest BCUT2D eigenvalue weighted by Gasteiger charge is -2.39. The van der Waals surface area contributed by atoms with E-state index in [0.717, 1.165) is 42.9 Å². The molecule has 162 valence electrons. The van der Waals surface area contributed by atoms with Crippen molar-refractivity contribution in [1.82, 2.24) is 20.2 Å². The highest BCUT2D eigenvalue weighted by Gasteiger charge is 2.41. The molecule has 0 amide bonds. The second-order valence-corrected chi connectivity index (χ2v) is 8.44. The molecule has 0 unspecified atom stereocenters. The third-order valence-electron chi connectivity index (χ3n) is 6.03. The molecule has 1 aliphatic rings. The Bertz CT molecular complexity index is 1050. The maximum Gasteiger partial charge on any atom is 0.338 e. The Morgan fingerprint density at radius 3 is 2.71 bits per heavy atom. The summed E-state index contributed by atoms with van der Waals surface area (Å²) in [5, 5.41) is 16.5. The fourth-order valence-corrected chi connectivity index (χ4v) is 4.30. The van der Waals surface area contributed by atoms with Crippen LogP contribution in [0.5, 0.6) is 0 Å². The molecule has 0 aliphatic heterocycles. The van der Waals surface area contributed by atoms with Gasteiger partial charge in [-0.15, -0.1) is 5.10 Å². The van der Waals surface area contributed by atoms with Crippen molar-refractivity contribution in [3.63, 3.8) is 0 Å². The van der Waals surface area contributed by atoms with Crippen molar-refractivity contribution in [3.8, 4) is 5.69 Å². The van der Waals surface area contributed by atoms with Crippen LogP contribution in [0.2, 0.25) is 0 Å². The van der Waals surface area contributed by atoms with Crippen LogP contribution in [0, 0.1) is 12.8 Å². The van der Waals surface area contributed by atoms with E-state index >= 15 is 0 Å². The van der Waals surface area contributed by atoms with Gasteiger partial charge in [0.05, 0.1) is 23.4 Å². The van der Waals surface area contributed by atoms with Crippen molar-refractivity contribution in [1.29, 1.82) is 0 Å². The molecule has 7 nitrogen and oxygen atoms in total. The molecule has 0 atom stereocenters. The Hall–Kier alpha value is -3.22. The molecule has 0 radical (unpaired) electrons. The summed E-state index contributed by atoms with van der Waals surface area (Å²) in [6.45, 7) is 6.51. The molecule has 3 aromatic rings. The SMILES string of the molecule is CCOC(=O)c1cccc(-n2nnnc2C2(Nc3cccc(C)c3)CCC(C)CC2)c1. The van der Waals surface area contributed by atoms with E-state index in [1.165, 1.54) is 5.56 Å². The van der Waals surface area contributed by atoms with Crippen LogP contribution in [-0.4, -0.2) is 32.8 Å². The second kappa shape index (κ2) is 8.88. The first-order valence-corrected chi connectivity index (χ1v) is 10.9. The average Bonchev–Trinajstić information content (AvgIpc) is 3.27. The summed E-state index contributed by atoms with van der Waals surface area (Å²) in [6.07, 6.45) is 4.04. The molecule has 0 spiro atoms. The quantitative estimate of drug-likeness (QED) is 0.585. The molecular weight excluding hydrogens is 390 g/mol. The minimum absolute atomic E-state index is 0.334. The van der Waals surface area contributed by atoms with Crippen molar-refractivity contribution in [2.45, 2.75) is 52.0 Å². The highest BCUT2D eigenvalue weighted by Crippen LogP contribution is 2.41. The molecule has 1 heterocycles. The van der Waals surface area contributed by atoms with Gasteiger partial charge < -0.3 is 10.1 Å². The number of carbonyl (C=O) groups excluding carboxylic acids is 1. The fraction of sp³-hybridized carbons (Fsp3) is 0.417. The monoisotopic (exact) mass is 419 g/mol. The van der Waals surface area contributed by atoms with Crippen LogP contribution in [0.25, 0.3) is 5.69 Å². The summed E-state index contributed by atoms with van der Waals surface area (Å²) >= 11 is 0. The molecule has 1 fully saturated rings. The Morgan fingerprint density at radius 1 is 1.19 bits per heavy atom. The maximum absolute atomic E-state index is 12.2. The van der Waals surface area contributed by atoms with Crippen LogP contribution in [0.15, 0.2) is 48.5 Å². The Balaban J connectivity index is 1.74. The van der Waals surface area contributed by atoms with Gasteiger partial charge in [-0.3, -0.25) is 0 Å². The molecular formula is C24H29N5O2. The summed E-state index contributed by atoms with van der Waals surface area (Å²) in [4.78, 5) is 12.2. The summed E-state index contributed by atoms with van der Waals surface area (Å²) in [6, 6.07) is 15.6. The highest BCUT2D eigenvalue weighted by atomic mass is 16.5. The van der Waals surface area contributed by atoms with Crippen molar-refractivity contribution in [3.05, 3.63) is 65.5 Å². The predicted molar refractivity (Wildman–Crippen MR) is 119 cm³/mol. The number of aryl methyl sites for hydroxylation is 1. The zero-order valence-corrected chi connectivity index (χ0v) is 18.3. The maximum atomic E-state index is 12.2. The lowest BCUT2D eigenvalue weighted by molar-refractivity contribution is 0.0526.